The second-order valence-corrected chi connectivity index (χ2v) is 4.76. The second kappa shape index (κ2) is 5.84. The SMILES string of the molecule is CCNC(=O)CCn1ccc2c(C(N)=S)cccc21. The quantitative estimate of drug-likeness (QED) is 0.818. The van der Waals surface area contributed by atoms with Gasteiger partial charge in [-0.15, -0.1) is 0 Å². The van der Waals surface area contributed by atoms with Crippen LogP contribution in [0, 0.1) is 0 Å². The number of carbonyl (C=O) groups excluding carboxylic acids is 1. The molecular weight excluding hydrogens is 258 g/mol. The molecule has 0 bridgehead atoms. The van der Waals surface area contributed by atoms with Gasteiger partial charge in [0.2, 0.25) is 5.91 Å². The van der Waals surface area contributed by atoms with Gasteiger partial charge >= 0.3 is 0 Å². The Labute approximate surface area is 117 Å². The van der Waals surface area contributed by atoms with E-state index in [2.05, 4.69) is 5.32 Å². The molecule has 5 heteroatoms. The number of aryl methyl sites for hydroxylation is 1. The largest absolute Gasteiger partial charge is 0.389 e. The number of hydrogen-bond acceptors (Lipinski definition) is 2. The van der Waals surface area contributed by atoms with Gasteiger partial charge in [-0.2, -0.15) is 0 Å². The van der Waals surface area contributed by atoms with Crippen molar-refractivity contribution >= 4 is 34.0 Å². The molecule has 3 N–H and O–H groups in total. The van der Waals surface area contributed by atoms with E-state index in [1.807, 2.05) is 42.0 Å². The van der Waals surface area contributed by atoms with Crippen LogP contribution in [0.5, 0.6) is 0 Å². The van der Waals surface area contributed by atoms with E-state index in [-0.39, 0.29) is 5.91 Å². The number of nitrogens with zero attached hydrogens (tertiary/aromatic N) is 1. The standard InChI is InChI=1S/C14H17N3OS/c1-2-16-13(18)7-9-17-8-6-10-11(14(15)19)4-3-5-12(10)17/h3-6,8H,2,7,9H2,1H3,(H2,15,19)(H,16,18). The Morgan fingerprint density at radius 1 is 1.42 bits per heavy atom. The molecule has 2 rings (SSSR count). The van der Waals surface area contributed by atoms with E-state index in [0.29, 0.717) is 24.5 Å². The van der Waals surface area contributed by atoms with Crippen LogP contribution in [-0.2, 0) is 11.3 Å². The number of aromatic nitrogens is 1. The molecule has 0 fully saturated rings. The van der Waals surface area contributed by atoms with Gasteiger partial charge < -0.3 is 15.6 Å². The fourth-order valence-corrected chi connectivity index (χ4v) is 2.32. The van der Waals surface area contributed by atoms with E-state index in [1.54, 1.807) is 0 Å². The zero-order valence-electron chi connectivity index (χ0n) is 10.8. The van der Waals surface area contributed by atoms with Crippen LogP contribution in [0.4, 0.5) is 0 Å². The Balaban J connectivity index is 2.24. The van der Waals surface area contributed by atoms with Gasteiger partial charge in [0.25, 0.3) is 0 Å². The number of thiocarbonyl (C=S) groups is 1. The molecule has 19 heavy (non-hydrogen) atoms. The molecular formula is C14H17N3OS. The van der Waals surface area contributed by atoms with E-state index >= 15 is 0 Å². The van der Waals surface area contributed by atoms with Crippen molar-refractivity contribution in [2.75, 3.05) is 6.54 Å². The summed E-state index contributed by atoms with van der Waals surface area (Å²) in [6.07, 6.45) is 2.43. The van der Waals surface area contributed by atoms with Gasteiger partial charge in [0.05, 0.1) is 0 Å². The number of amides is 1. The average molecular weight is 275 g/mol. The smallest absolute Gasteiger partial charge is 0.221 e. The molecule has 0 aliphatic rings. The highest BCUT2D eigenvalue weighted by Crippen LogP contribution is 2.20. The molecule has 1 aromatic carbocycles. The number of nitrogens with one attached hydrogen (secondary N) is 1. The van der Waals surface area contributed by atoms with Gasteiger partial charge in [-0.3, -0.25) is 4.79 Å². The first kappa shape index (κ1) is 13.5. The van der Waals surface area contributed by atoms with E-state index in [1.165, 1.54) is 0 Å². The van der Waals surface area contributed by atoms with Crippen LogP contribution in [0.15, 0.2) is 30.5 Å². The first-order chi connectivity index (χ1) is 9.13. The van der Waals surface area contributed by atoms with Crippen molar-refractivity contribution < 1.29 is 4.79 Å². The van der Waals surface area contributed by atoms with Crippen molar-refractivity contribution in [2.24, 2.45) is 5.73 Å². The highest BCUT2D eigenvalue weighted by Gasteiger charge is 2.08. The molecule has 0 spiro atoms. The normalized spacial score (nSPS) is 10.6. The third kappa shape index (κ3) is 2.93. The maximum atomic E-state index is 11.5. The topological polar surface area (TPSA) is 60.0 Å². The summed E-state index contributed by atoms with van der Waals surface area (Å²) in [6.45, 7) is 3.23. The lowest BCUT2D eigenvalue weighted by atomic mass is 10.1. The van der Waals surface area contributed by atoms with Crippen molar-refractivity contribution in [3.63, 3.8) is 0 Å². The minimum absolute atomic E-state index is 0.0647. The zero-order chi connectivity index (χ0) is 13.8. The number of fused-ring (bicyclic) bond motifs is 1. The van der Waals surface area contributed by atoms with Crippen LogP contribution in [0.3, 0.4) is 0 Å². The van der Waals surface area contributed by atoms with Crippen molar-refractivity contribution in [3.8, 4) is 0 Å². The van der Waals surface area contributed by atoms with Crippen molar-refractivity contribution in [1.29, 1.82) is 0 Å². The molecule has 0 aliphatic heterocycles. The summed E-state index contributed by atoms with van der Waals surface area (Å²) in [5.41, 5.74) is 7.64. The third-order valence-corrected chi connectivity index (χ3v) is 3.25. The Kier molecular flexibility index (Phi) is 4.16. The van der Waals surface area contributed by atoms with Crippen molar-refractivity contribution in [3.05, 3.63) is 36.0 Å². The fourth-order valence-electron chi connectivity index (χ4n) is 2.14. The number of rotatable bonds is 5. The predicted octanol–water partition coefficient (Wildman–Crippen LogP) is 1.80. The Bertz CT molecular complexity index is 618. The van der Waals surface area contributed by atoms with E-state index < -0.39 is 0 Å². The summed E-state index contributed by atoms with van der Waals surface area (Å²) >= 11 is 5.04. The zero-order valence-corrected chi connectivity index (χ0v) is 11.7. The molecule has 100 valence electrons. The van der Waals surface area contributed by atoms with E-state index in [4.69, 9.17) is 18.0 Å². The molecule has 0 saturated heterocycles. The highest BCUT2D eigenvalue weighted by molar-refractivity contribution is 7.80. The number of nitrogens with two attached hydrogens (primary N) is 1. The lowest BCUT2D eigenvalue weighted by Gasteiger charge is -2.07. The van der Waals surface area contributed by atoms with Crippen LogP contribution in [0.1, 0.15) is 18.9 Å². The molecule has 0 saturated carbocycles. The minimum Gasteiger partial charge on any atom is -0.389 e. The second-order valence-electron chi connectivity index (χ2n) is 4.32. The summed E-state index contributed by atoms with van der Waals surface area (Å²) in [5.74, 6) is 0.0647. The molecule has 1 amide bonds. The predicted molar refractivity (Wildman–Crippen MR) is 81.1 cm³/mol. The average Bonchev–Trinajstić information content (AvgIpc) is 2.79. The van der Waals surface area contributed by atoms with Gasteiger partial charge in [-0.25, -0.2) is 0 Å². The van der Waals surface area contributed by atoms with Gasteiger partial charge in [0.15, 0.2) is 0 Å². The van der Waals surface area contributed by atoms with Gasteiger partial charge in [-0.1, -0.05) is 24.4 Å². The third-order valence-electron chi connectivity index (χ3n) is 3.03. The molecule has 1 aromatic heterocycles. The summed E-state index contributed by atoms with van der Waals surface area (Å²) < 4.78 is 2.05. The van der Waals surface area contributed by atoms with Gasteiger partial charge in [0, 0.05) is 42.2 Å². The Morgan fingerprint density at radius 2 is 2.21 bits per heavy atom. The van der Waals surface area contributed by atoms with Gasteiger partial charge in [0.1, 0.15) is 4.99 Å². The molecule has 0 aliphatic carbocycles. The van der Waals surface area contributed by atoms with Crippen molar-refractivity contribution in [2.45, 2.75) is 19.9 Å². The number of carbonyl (C=O) groups is 1. The summed E-state index contributed by atoms with van der Waals surface area (Å²) in [4.78, 5) is 11.9. The molecule has 0 atom stereocenters. The summed E-state index contributed by atoms with van der Waals surface area (Å²) in [6, 6.07) is 7.84. The fraction of sp³-hybridized carbons (Fsp3) is 0.286. The van der Waals surface area contributed by atoms with Crippen molar-refractivity contribution in [1.82, 2.24) is 9.88 Å². The Hall–Kier alpha value is -1.88. The van der Waals surface area contributed by atoms with Gasteiger partial charge in [-0.05, 0) is 19.1 Å². The number of benzene rings is 1. The van der Waals surface area contributed by atoms with Crippen LogP contribution < -0.4 is 11.1 Å². The lowest BCUT2D eigenvalue weighted by Crippen LogP contribution is -2.23. The van der Waals surface area contributed by atoms with E-state index in [0.717, 1.165) is 16.5 Å². The van der Waals surface area contributed by atoms with Crippen LogP contribution in [0.2, 0.25) is 0 Å². The highest BCUT2D eigenvalue weighted by atomic mass is 32.1. The summed E-state index contributed by atoms with van der Waals surface area (Å²) in [5, 5.41) is 3.83. The van der Waals surface area contributed by atoms with Crippen LogP contribution in [0.25, 0.3) is 10.9 Å². The molecule has 2 aromatic rings. The Morgan fingerprint density at radius 3 is 2.89 bits per heavy atom. The first-order valence-corrected chi connectivity index (χ1v) is 6.68. The first-order valence-electron chi connectivity index (χ1n) is 6.28. The van der Waals surface area contributed by atoms with Crippen LogP contribution in [-0.4, -0.2) is 22.0 Å². The molecule has 0 unspecified atom stereocenters. The maximum Gasteiger partial charge on any atom is 0.221 e. The molecule has 0 radical (unpaired) electrons. The molecule has 1 heterocycles. The summed E-state index contributed by atoms with van der Waals surface area (Å²) in [7, 11) is 0. The molecule has 4 nitrogen and oxygen atoms in total. The number of hydrogen-bond donors (Lipinski definition) is 2. The maximum absolute atomic E-state index is 11.5. The monoisotopic (exact) mass is 275 g/mol. The van der Waals surface area contributed by atoms with E-state index in [9.17, 15) is 4.79 Å². The minimum atomic E-state index is 0.0647. The lowest BCUT2D eigenvalue weighted by molar-refractivity contribution is -0.121. The van der Waals surface area contributed by atoms with Crippen LogP contribution >= 0.6 is 12.2 Å².